The molecule has 7 heteroatoms. The second kappa shape index (κ2) is 6.90. The molecule has 0 saturated carbocycles. The Morgan fingerprint density at radius 3 is 2.44 bits per heavy atom. The van der Waals surface area contributed by atoms with E-state index < -0.39 is 0 Å². The lowest BCUT2D eigenvalue weighted by Crippen LogP contribution is -2.32. The molecule has 0 radical (unpaired) electrons. The fourth-order valence-corrected chi connectivity index (χ4v) is 3.60. The summed E-state index contributed by atoms with van der Waals surface area (Å²) >= 11 is 0. The molecule has 4 rings (SSSR count). The second-order valence-electron chi connectivity index (χ2n) is 6.97. The SMILES string of the molecule is COc1ccc(-n2ccnc2-c2nccn2[C@@H]2CC(=O)N(C(C)C)C2)cc1. The van der Waals surface area contributed by atoms with Gasteiger partial charge in [-0.25, -0.2) is 9.97 Å². The molecule has 1 aromatic carbocycles. The third-order valence-electron chi connectivity index (χ3n) is 5.01. The van der Waals surface area contributed by atoms with Gasteiger partial charge in [0.1, 0.15) is 5.75 Å². The molecule has 0 aliphatic carbocycles. The number of ether oxygens (including phenoxy) is 1. The van der Waals surface area contributed by atoms with E-state index in [0.29, 0.717) is 13.0 Å². The van der Waals surface area contributed by atoms with Gasteiger partial charge in [-0.2, -0.15) is 0 Å². The molecule has 1 amide bonds. The van der Waals surface area contributed by atoms with E-state index in [1.807, 2.05) is 60.0 Å². The van der Waals surface area contributed by atoms with E-state index in [-0.39, 0.29) is 18.0 Å². The molecule has 1 aliphatic rings. The van der Waals surface area contributed by atoms with Crippen molar-refractivity contribution in [2.75, 3.05) is 13.7 Å². The predicted molar refractivity (Wildman–Crippen MR) is 102 cm³/mol. The van der Waals surface area contributed by atoms with Gasteiger partial charge in [-0.1, -0.05) is 0 Å². The Morgan fingerprint density at radius 1 is 1.07 bits per heavy atom. The molecule has 2 aromatic heterocycles. The highest BCUT2D eigenvalue weighted by molar-refractivity contribution is 5.79. The van der Waals surface area contributed by atoms with Crippen LogP contribution in [0, 0.1) is 0 Å². The zero-order valence-electron chi connectivity index (χ0n) is 15.7. The minimum atomic E-state index is 0.0680. The molecule has 0 spiro atoms. The molecular weight excluding hydrogens is 342 g/mol. The van der Waals surface area contributed by atoms with E-state index in [9.17, 15) is 4.79 Å². The number of benzene rings is 1. The molecule has 0 bridgehead atoms. The minimum absolute atomic E-state index is 0.0680. The van der Waals surface area contributed by atoms with Crippen LogP contribution in [0.4, 0.5) is 0 Å². The Morgan fingerprint density at radius 2 is 1.78 bits per heavy atom. The Labute approximate surface area is 158 Å². The quantitative estimate of drug-likeness (QED) is 0.697. The first-order valence-corrected chi connectivity index (χ1v) is 9.09. The van der Waals surface area contributed by atoms with E-state index in [4.69, 9.17) is 4.74 Å². The third kappa shape index (κ3) is 3.09. The summed E-state index contributed by atoms with van der Waals surface area (Å²) in [5.41, 5.74) is 0.976. The van der Waals surface area contributed by atoms with Crippen molar-refractivity contribution >= 4 is 5.91 Å². The monoisotopic (exact) mass is 365 g/mol. The lowest BCUT2D eigenvalue weighted by molar-refractivity contribution is -0.129. The van der Waals surface area contributed by atoms with Gasteiger partial charge < -0.3 is 14.2 Å². The average Bonchev–Trinajstić information content (AvgIpc) is 3.39. The van der Waals surface area contributed by atoms with E-state index in [1.165, 1.54) is 0 Å². The van der Waals surface area contributed by atoms with Crippen LogP contribution >= 0.6 is 0 Å². The highest BCUT2D eigenvalue weighted by Crippen LogP contribution is 2.30. The number of hydrogen-bond donors (Lipinski definition) is 0. The van der Waals surface area contributed by atoms with Crippen LogP contribution in [-0.2, 0) is 4.79 Å². The first kappa shape index (κ1) is 17.3. The highest BCUT2D eigenvalue weighted by Gasteiger charge is 2.33. The van der Waals surface area contributed by atoms with E-state index in [1.54, 1.807) is 19.5 Å². The topological polar surface area (TPSA) is 65.2 Å². The number of carbonyl (C=O) groups is 1. The fraction of sp³-hybridized carbons (Fsp3) is 0.350. The molecule has 0 unspecified atom stereocenters. The fourth-order valence-electron chi connectivity index (χ4n) is 3.60. The number of imidazole rings is 2. The summed E-state index contributed by atoms with van der Waals surface area (Å²) in [4.78, 5) is 23.3. The summed E-state index contributed by atoms with van der Waals surface area (Å²) in [6.07, 6.45) is 7.87. The summed E-state index contributed by atoms with van der Waals surface area (Å²) in [6, 6.07) is 8.08. The molecule has 27 heavy (non-hydrogen) atoms. The van der Waals surface area contributed by atoms with Gasteiger partial charge in [0.25, 0.3) is 0 Å². The van der Waals surface area contributed by atoms with Gasteiger partial charge >= 0.3 is 0 Å². The number of rotatable bonds is 5. The summed E-state index contributed by atoms with van der Waals surface area (Å²) in [5, 5.41) is 0. The summed E-state index contributed by atoms with van der Waals surface area (Å²) in [7, 11) is 1.65. The van der Waals surface area contributed by atoms with Crippen LogP contribution in [-0.4, -0.2) is 49.6 Å². The molecular formula is C20H23N5O2. The highest BCUT2D eigenvalue weighted by atomic mass is 16.5. The Bertz CT molecular complexity index is 941. The van der Waals surface area contributed by atoms with Crippen LogP contribution in [0.2, 0.25) is 0 Å². The maximum absolute atomic E-state index is 12.3. The van der Waals surface area contributed by atoms with E-state index in [0.717, 1.165) is 23.1 Å². The lowest BCUT2D eigenvalue weighted by atomic mass is 10.2. The molecule has 3 aromatic rings. The van der Waals surface area contributed by atoms with Gasteiger partial charge in [-0.3, -0.25) is 9.36 Å². The van der Waals surface area contributed by atoms with Crippen molar-refractivity contribution in [3.63, 3.8) is 0 Å². The summed E-state index contributed by atoms with van der Waals surface area (Å²) < 4.78 is 9.30. The van der Waals surface area contributed by atoms with Crippen molar-refractivity contribution < 1.29 is 9.53 Å². The third-order valence-corrected chi connectivity index (χ3v) is 5.01. The van der Waals surface area contributed by atoms with E-state index >= 15 is 0 Å². The van der Waals surface area contributed by atoms with Crippen molar-refractivity contribution in [3.05, 3.63) is 49.1 Å². The van der Waals surface area contributed by atoms with Gasteiger partial charge in [-0.05, 0) is 38.1 Å². The van der Waals surface area contributed by atoms with Gasteiger partial charge in [0, 0.05) is 49.5 Å². The second-order valence-corrected chi connectivity index (χ2v) is 6.97. The van der Waals surface area contributed by atoms with Gasteiger partial charge in [-0.15, -0.1) is 0 Å². The van der Waals surface area contributed by atoms with Crippen molar-refractivity contribution in [1.82, 2.24) is 24.0 Å². The molecule has 3 heterocycles. The predicted octanol–water partition coefficient (Wildman–Crippen LogP) is 2.93. The normalized spacial score (nSPS) is 17.1. The number of methoxy groups -OCH3 is 1. The Balaban J connectivity index is 1.68. The van der Waals surface area contributed by atoms with Gasteiger partial charge in [0.05, 0.1) is 13.2 Å². The lowest BCUT2D eigenvalue weighted by Gasteiger charge is -2.21. The van der Waals surface area contributed by atoms with Crippen LogP contribution in [0.5, 0.6) is 5.75 Å². The number of amides is 1. The zero-order valence-corrected chi connectivity index (χ0v) is 15.7. The molecule has 1 saturated heterocycles. The largest absolute Gasteiger partial charge is 0.497 e. The number of hydrogen-bond acceptors (Lipinski definition) is 4. The smallest absolute Gasteiger partial charge is 0.225 e. The minimum Gasteiger partial charge on any atom is -0.497 e. The standard InChI is InChI=1S/C20H23N5O2/c1-14(2)25-13-16(12-18(25)26)24-11-9-22-20(24)19-21-8-10-23(19)15-4-6-17(27-3)7-5-15/h4-11,14,16H,12-13H2,1-3H3/t16-/m1/s1. The van der Waals surface area contributed by atoms with Crippen LogP contribution in [0.1, 0.15) is 26.3 Å². The molecule has 1 atom stereocenters. The Kier molecular flexibility index (Phi) is 4.43. The maximum atomic E-state index is 12.3. The molecule has 140 valence electrons. The molecule has 1 aliphatic heterocycles. The van der Waals surface area contributed by atoms with Crippen molar-refractivity contribution in [2.24, 2.45) is 0 Å². The summed E-state index contributed by atoms with van der Waals surface area (Å²) in [5.74, 6) is 2.51. The summed E-state index contributed by atoms with van der Waals surface area (Å²) in [6.45, 7) is 4.79. The van der Waals surface area contributed by atoms with Gasteiger partial charge in [0.15, 0.2) is 11.6 Å². The van der Waals surface area contributed by atoms with Crippen molar-refractivity contribution in [2.45, 2.75) is 32.4 Å². The Hall–Kier alpha value is -3.09. The number of nitrogens with zero attached hydrogens (tertiary/aromatic N) is 5. The molecule has 0 N–H and O–H groups in total. The van der Waals surface area contributed by atoms with E-state index in [2.05, 4.69) is 14.5 Å². The molecule has 1 fully saturated rings. The van der Waals surface area contributed by atoms with Crippen molar-refractivity contribution in [1.29, 1.82) is 0 Å². The van der Waals surface area contributed by atoms with Crippen LogP contribution < -0.4 is 4.74 Å². The van der Waals surface area contributed by atoms with Crippen molar-refractivity contribution in [3.8, 4) is 23.1 Å². The van der Waals surface area contributed by atoms with Crippen LogP contribution in [0.3, 0.4) is 0 Å². The average molecular weight is 365 g/mol. The first-order chi connectivity index (χ1) is 13.1. The molecule has 7 nitrogen and oxygen atoms in total. The zero-order chi connectivity index (χ0) is 19.0. The van der Waals surface area contributed by atoms with Crippen LogP contribution in [0.25, 0.3) is 17.3 Å². The van der Waals surface area contributed by atoms with Crippen LogP contribution in [0.15, 0.2) is 49.1 Å². The first-order valence-electron chi connectivity index (χ1n) is 9.09. The maximum Gasteiger partial charge on any atom is 0.225 e. The number of aromatic nitrogens is 4. The number of carbonyl (C=O) groups excluding carboxylic acids is 1. The van der Waals surface area contributed by atoms with Gasteiger partial charge in [0.2, 0.25) is 5.91 Å². The number of likely N-dealkylation sites (tertiary alicyclic amines) is 1.